The molecule has 1 aromatic carbocycles. The first-order chi connectivity index (χ1) is 12.0. The van der Waals surface area contributed by atoms with Gasteiger partial charge in [-0.25, -0.2) is 0 Å². The Kier molecular flexibility index (Phi) is 7.72. The predicted molar refractivity (Wildman–Crippen MR) is 103 cm³/mol. The second-order valence-electron chi connectivity index (χ2n) is 7.35. The van der Waals surface area contributed by atoms with Crippen LogP contribution < -0.4 is 10.2 Å². The van der Waals surface area contributed by atoms with Gasteiger partial charge in [-0.1, -0.05) is 26.0 Å². The molecule has 1 aromatic rings. The summed E-state index contributed by atoms with van der Waals surface area (Å²) in [6.07, 6.45) is 1.15. The molecule has 1 unspecified atom stereocenters. The number of amides is 1. The molecule has 1 aliphatic heterocycles. The number of piperazine rings is 1. The fourth-order valence-electron chi connectivity index (χ4n) is 3.30. The molecule has 1 atom stereocenters. The van der Waals surface area contributed by atoms with Gasteiger partial charge in [0.05, 0.1) is 0 Å². The minimum Gasteiger partial charge on any atom is -0.396 e. The molecule has 1 fully saturated rings. The zero-order chi connectivity index (χ0) is 18.2. The Morgan fingerprint density at radius 2 is 1.96 bits per heavy atom. The van der Waals surface area contributed by atoms with E-state index in [0.29, 0.717) is 18.8 Å². The van der Waals surface area contributed by atoms with Crippen molar-refractivity contribution in [1.82, 2.24) is 10.2 Å². The third-order valence-electron chi connectivity index (χ3n) is 4.99. The molecule has 5 nitrogen and oxygen atoms in total. The third-order valence-corrected chi connectivity index (χ3v) is 4.99. The predicted octanol–water partition coefficient (Wildman–Crippen LogP) is 2.03. The van der Waals surface area contributed by atoms with Crippen LogP contribution in [0.2, 0.25) is 0 Å². The van der Waals surface area contributed by atoms with Crippen molar-refractivity contribution in [1.29, 1.82) is 0 Å². The molecular weight excluding hydrogens is 314 g/mol. The number of carbonyl (C=O) groups excluding carboxylic acids is 1. The van der Waals surface area contributed by atoms with Gasteiger partial charge in [-0.15, -0.1) is 0 Å². The maximum Gasteiger partial charge on any atom is 0.221 e. The van der Waals surface area contributed by atoms with Crippen molar-refractivity contribution in [2.75, 3.05) is 44.2 Å². The van der Waals surface area contributed by atoms with E-state index in [1.54, 1.807) is 0 Å². The summed E-state index contributed by atoms with van der Waals surface area (Å²) in [5.41, 5.74) is 2.58. The van der Waals surface area contributed by atoms with E-state index in [9.17, 15) is 4.79 Å². The zero-order valence-electron chi connectivity index (χ0n) is 15.9. The van der Waals surface area contributed by atoms with Crippen molar-refractivity contribution >= 4 is 11.6 Å². The van der Waals surface area contributed by atoms with E-state index in [2.05, 4.69) is 60.2 Å². The number of nitrogens with one attached hydrogen (secondary N) is 1. The highest BCUT2D eigenvalue weighted by atomic mass is 16.3. The van der Waals surface area contributed by atoms with Crippen LogP contribution >= 0.6 is 0 Å². The molecule has 1 amide bonds. The first-order valence-corrected chi connectivity index (χ1v) is 9.43. The highest BCUT2D eigenvalue weighted by Gasteiger charge is 2.19. The van der Waals surface area contributed by atoms with Crippen LogP contribution in [-0.4, -0.2) is 61.3 Å². The lowest BCUT2D eigenvalue weighted by molar-refractivity contribution is -0.122. The first kappa shape index (κ1) is 19.7. The number of anilines is 1. The van der Waals surface area contributed by atoms with Crippen molar-refractivity contribution in [3.8, 4) is 0 Å². The highest BCUT2D eigenvalue weighted by molar-refractivity contribution is 5.76. The summed E-state index contributed by atoms with van der Waals surface area (Å²) < 4.78 is 0. The summed E-state index contributed by atoms with van der Waals surface area (Å²) in [5.74, 6) is 0.433. The molecule has 2 rings (SSSR count). The van der Waals surface area contributed by atoms with Crippen LogP contribution in [0, 0.1) is 12.8 Å². The van der Waals surface area contributed by atoms with Crippen LogP contribution in [0.3, 0.4) is 0 Å². The monoisotopic (exact) mass is 347 g/mol. The minimum atomic E-state index is 0.0654. The fraction of sp³-hybridized carbons (Fsp3) is 0.650. The Morgan fingerprint density at radius 3 is 2.56 bits per heavy atom. The molecule has 0 spiro atoms. The molecule has 1 heterocycles. The molecule has 0 bridgehead atoms. The summed E-state index contributed by atoms with van der Waals surface area (Å²) in [6, 6.07) is 8.70. The number of rotatable bonds is 8. The van der Waals surface area contributed by atoms with Gasteiger partial charge in [-0.05, 0) is 37.0 Å². The molecule has 0 saturated carbocycles. The highest BCUT2D eigenvalue weighted by Crippen LogP contribution is 2.17. The van der Waals surface area contributed by atoms with Gasteiger partial charge in [-0.2, -0.15) is 0 Å². The van der Waals surface area contributed by atoms with E-state index < -0.39 is 0 Å². The van der Waals surface area contributed by atoms with Crippen LogP contribution in [0.5, 0.6) is 0 Å². The van der Waals surface area contributed by atoms with Gasteiger partial charge in [-0.3, -0.25) is 9.69 Å². The summed E-state index contributed by atoms with van der Waals surface area (Å²) in [6.45, 7) is 11.2. The van der Waals surface area contributed by atoms with Crippen molar-refractivity contribution in [3.05, 3.63) is 29.8 Å². The molecule has 0 radical (unpaired) electrons. The lowest BCUT2D eigenvalue weighted by Crippen LogP contribution is -2.47. The molecule has 1 aliphatic rings. The Morgan fingerprint density at radius 1 is 1.24 bits per heavy atom. The van der Waals surface area contributed by atoms with Gasteiger partial charge in [0, 0.05) is 57.5 Å². The van der Waals surface area contributed by atoms with Gasteiger partial charge < -0.3 is 15.3 Å². The second kappa shape index (κ2) is 9.78. The number of hydrogen-bond acceptors (Lipinski definition) is 4. The number of aliphatic hydroxyl groups is 1. The average molecular weight is 348 g/mol. The van der Waals surface area contributed by atoms with Crippen LogP contribution in [0.1, 0.15) is 32.3 Å². The number of aryl methyl sites for hydroxylation is 1. The van der Waals surface area contributed by atoms with E-state index in [0.717, 1.165) is 32.7 Å². The average Bonchev–Trinajstić information content (AvgIpc) is 2.60. The molecule has 5 heteroatoms. The van der Waals surface area contributed by atoms with Gasteiger partial charge >= 0.3 is 0 Å². The van der Waals surface area contributed by atoms with Crippen LogP contribution in [-0.2, 0) is 4.79 Å². The smallest absolute Gasteiger partial charge is 0.221 e. The van der Waals surface area contributed by atoms with Gasteiger partial charge in [0.2, 0.25) is 5.91 Å². The van der Waals surface area contributed by atoms with Gasteiger partial charge in [0.15, 0.2) is 0 Å². The van der Waals surface area contributed by atoms with Gasteiger partial charge in [0.1, 0.15) is 0 Å². The van der Waals surface area contributed by atoms with Crippen molar-refractivity contribution in [2.24, 2.45) is 5.92 Å². The van der Waals surface area contributed by atoms with Crippen molar-refractivity contribution in [2.45, 2.75) is 39.7 Å². The quantitative estimate of drug-likeness (QED) is 0.755. The van der Waals surface area contributed by atoms with E-state index >= 15 is 0 Å². The summed E-state index contributed by atoms with van der Waals surface area (Å²) in [5, 5.41) is 12.2. The van der Waals surface area contributed by atoms with E-state index in [4.69, 9.17) is 5.11 Å². The number of benzene rings is 1. The lowest BCUT2D eigenvalue weighted by Gasteiger charge is -2.36. The molecule has 25 heavy (non-hydrogen) atoms. The molecule has 1 saturated heterocycles. The van der Waals surface area contributed by atoms with Crippen molar-refractivity contribution in [3.63, 3.8) is 0 Å². The SMILES string of the molecule is Cc1cccc(N2CCN(CCC(=O)NC(CCO)C(C)C)CC2)c1. The normalized spacial score (nSPS) is 16.9. The topological polar surface area (TPSA) is 55.8 Å². The number of carbonyl (C=O) groups is 1. The summed E-state index contributed by atoms with van der Waals surface area (Å²) in [7, 11) is 0. The summed E-state index contributed by atoms with van der Waals surface area (Å²) in [4.78, 5) is 16.9. The third kappa shape index (κ3) is 6.33. The van der Waals surface area contributed by atoms with Crippen LogP contribution in [0.4, 0.5) is 5.69 Å². The largest absolute Gasteiger partial charge is 0.396 e. The van der Waals surface area contributed by atoms with Gasteiger partial charge in [0.25, 0.3) is 0 Å². The molecule has 140 valence electrons. The van der Waals surface area contributed by atoms with E-state index in [1.165, 1.54) is 11.3 Å². The van der Waals surface area contributed by atoms with E-state index in [-0.39, 0.29) is 18.6 Å². The lowest BCUT2D eigenvalue weighted by atomic mass is 10.0. The van der Waals surface area contributed by atoms with Crippen LogP contribution in [0.25, 0.3) is 0 Å². The molecular formula is C20H33N3O2. The standard InChI is InChI=1S/C20H33N3O2/c1-16(2)19(8-14-24)21-20(25)7-9-22-10-12-23(13-11-22)18-6-4-5-17(3)15-18/h4-6,15-16,19,24H,7-14H2,1-3H3,(H,21,25). The van der Waals surface area contributed by atoms with Crippen LogP contribution in [0.15, 0.2) is 24.3 Å². The molecule has 2 N–H and O–H groups in total. The number of nitrogens with zero attached hydrogens (tertiary/aromatic N) is 2. The summed E-state index contributed by atoms with van der Waals surface area (Å²) >= 11 is 0. The fourth-order valence-corrected chi connectivity index (χ4v) is 3.30. The number of hydrogen-bond donors (Lipinski definition) is 2. The zero-order valence-corrected chi connectivity index (χ0v) is 15.9. The maximum absolute atomic E-state index is 12.2. The second-order valence-corrected chi connectivity index (χ2v) is 7.35. The number of aliphatic hydroxyl groups excluding tert-OH is 1. The molecule has 0 aromatic heterocycles. The Labute approximate surface area is 152 Å². The Hall–Kier alpha value is -1.59. The Balaban J connectivity index is 1.72. The maximum atomic E-state index is 12.2. The molecule has 0 aliphatic carbocycles. The minimum absolute atomic E-state index is 0.0654. The van der Waals surface area contributed by atoms with E-state index in [1.807, 2.05) is 0 Å². The Bertz CT molecular complexity index is 539. The first-order valence-electron chi connectivity index (χ1n) is 9.43. The van der Waals surface area contributed by atoms with Crippen molar-refractivity contribution < 1.29 is 9.90 Å².